The zero-order valence-electron chi connectivity index (χ0n) is 9.17. The topological polar surface area (TPSA) is 50.4 Å². The van der Waals surface area contributed by atoms with E-state index in [1.165, 1.54) is 0 Å². The third-order valence-corrected chi connectivity index (χ3v) is 2.60. The fourth-order valence-electron chi connectivity index (χ4n) is 1.47. The van der Waals surface area contributed by atoms with Gasteiger partial charge in [-0.25, -0.2) is 0 Å². The van der Waals surface area contributed by atoms with Crippen molar-refractivity contribution in [3.8, 4) is 0 Å². The molecule has 0 radical (unpaired) electrons. The molecule has 0 aromatic heterocycles. The molecule has 1 fully saturated rings. The number of nitrogens with one attached hydrogen (secondary N) is 2. The SMILES string of the molecule is CNC(C)CNC(=O)C1CCC(C)O1. The molecule has 0 aliphatic carbocycles. The Morgan fingerprint density at radius 2 is 2.29 bits per heavy atom. The van der Waals surface area contributed by atoms with Crippen molar-refractivity contribution in [2.24, 2.45) is 0 Å². The molecule has 1 heterocycles. The van der Waals surface area contributed by atoms with E-state index in [9.17, 15) is 4.79 Å². The molecule has 1 rings (SSSR count). The van der Waals surface area contributed by atoms with Gasteiger partial charge in [-0.05, 0) is 33.7 Å². The van der Waals surface area contributed by atoms with Gasteiger partial charge in [-0.2, -0.15) is 0 Å². The summed E-state index contributed by atoms with van der Waals surface area (Å²) < 4.78 is 5.46. The number of amides is 1. The standard InChI is InChI=1S/C10H20N2O2/c1-7(11-3)6-12-10(13)9-5-4-8(2)14-9/h7-9,11H,4-6H2,1-3H3,(H,12,13). The molecule has 0 aromatic carbocycles. The molecule has 0 aromatic rings. The lowest BCUT2D eigenvalue weighted by Gasteiger charge is -2.14. The molecule has 0 spiro atoms. The largest absolute Gasteiger partial charge is 0.365 e. The first-order chi connectivity index (χ1) is 6.63. The Morgan fingerprint density at radius 1 is 1.57 bits per heavy atom. The van der Waals surface area contributed by atoms with Crippen LogP contribution in [0.2, 0.25) is 0 Å². The van der Waals surface area contributed by atoms with E-state index in [4.69, 9.17) is 4.74 Å². The zero-order valence-corrected chi connectivity index (χ0v) is 9.17. The Morgan fingerprint density at radius 3 is 2.79 bits per heavy atom. The Kier molecular flexibility index (Phi) is 4.35. The average molecular weight is 200 g/mol. The highest BCUT2D eigenvalue weighted by Crippen LogP contribution is 2.18. The predicted molar refractivity (Wildman–Crippen MR) is 55.1 cm³/mol. The van der Waals surface area contributed by atoms with E-state index in [-0.39, 0.29) is 18.1 Å². The Hall–Kier alpha value is -0.610. The van der Waals surface area contributed by atoms with Gasteiger partial charge in [0.05, 0.1) is 6.10 Å². The maximum atomic E-state index is 11.5. The van der Waals surface area contributed by atoms with E-state index in [2.05, 4.69) is 10.6 Å². The first-order valence-electron chi connectivity index (χ1n) is 5.24. The van der Waals surface area contributed by atoms with E-state index in [1.54, 1.807) is 0 Å². The van der Waals surface area contributed by atoms with Crippen LogP contribution < -0.4 is 10.6 Å². The fraction of sp³-hybridized carbons (Fsp3) is 0.900. The van der Waals surface area contributed by atoms with Crippen molar-refractivity contribution in [3.05, 3.63) is 0 Å². The van der Waals surface area contributed by atoms with E-state index in [0.29, 0.717) is 12.6 Å². The molecule has 14 heavy (non-hydrogen) atoms. The van der Waals surface area contributed by atoms with Crippen LogP contribution in [0.5, 0.6) is 0 Å². The van der Waals surface area contributed by atoms with Crippen molar-refractivity contribution in [1.29, 1.82) is 0 Å². The summed E-state index contributed by atoms with van der Waals surface area (Å²) in [5, 5.41) is 5.93. The molecular formula is C10H20N2O2. The van der Waals surface area contributed by atoms with Crippen LogP contribution in [0, 0.1) is 0 Å². The molecular weight excluding hydrogens is 180 g/mol. The molecule has 1 saturated heterocycles. The molecule has 0 bridgehead atoms. The average Bonchev–Trinajstić information content (AvgIpc) is 2.60. The molecule has 82 valence electrons. The molecule has 1 amide bonds. The molecule has 0 saturated carbocycles. The molecule has 4 nitrogen and oxygen atoms in total. The third kappa shape index (κ3) is 3.27. The molecule has 4 heteroatoms. The second-order valence-electron chi connectivity index (χ2n) is 3.95. The van der Waals surface area contributed by atoms with Gasteiger partial charge in [0.25, 0.3) is 0 Å². The first kappa shape index (κ1) is 11.5. The van der Waals surface area contributed by atoms with Crippen molar-refractivity contribution in [1.82, 2.24) is 10.6 Å². The van der Waals surface area contributed by atoms with Gasteiger partial charge in [0.15, 0.2) is 0 Å². The minimum absolute atomic E-state index is 0.0245. The van der Waals surface area contributed by atoms with Crippen molar-refractivity contribution < 1.29 is 9.53 Å². The Bertz CT molecular complexity index is 197. The van der Waals surface area contributed by atoms with E-state index in [0.717, 1.165) is 12.8 Å². The molecule has 3 atom stereocenters. The van der Waals surface area contributed by atoms with Gasteiger partial charge in [0.1, 0.15) is 6.10 Å². The van der Waals surface area contributed by atoms with E-state index >= 15 is 0 Å². The summed E-state index contributed by atoms with van der Waals surface area (Å²) in [5.74, 6) is 0.0245. The minimum atomic E-state index is -0.228. The van der Waals surface area contributed by atoms with Crippen LogP contribution >= 0.6 is 0 Å². The van der Waals surface area contributed by atoms with Gasteiger partial charge >= 0.3 is 0 Å². The monoisotopic (exact) mass is 200 g/mol. The third-order valence-electron chi connectivity index (χ3n) is 2.60. The summed E-state index contributed by atoms with van der Waals surface area (Å²) >= 11 is 0. The summed E-state index contributed by atoms with van der Waals surface area (Å²) in [5.41, 5.74) is 0. The highest BCUT2D eigenvalue weighted by Gasteiger charge is 2.27. The lowest BCUT2D eigenvalue weighted by atomic mass is 10.2. The van der Waals surface area contributed by atoms with Crippen LogP contribution in [0.4, 0.5) is 0 Å². The Labute approximate surface area is 85.4 Å². The highest BCUT2D eigenvalue weighted by atomic mass is 16.5. The number of hydrogen-bond donors (Lipinski definition) is 2. The van der Waals surface area contributed by atoms with E-state index < -0.39 is 0 Å². The van der Waals surface area contributed by atoms with Crippen LogP contribution in [-0.2, 0) is 9.53 Å². The number of carbonyl (C=O) groups excluding carboxylic acids is 1. The quantitative estimate of drug-likeness (QED) is 0.685. The van der Waals surface area contributed by atoms with Gasteiger partial charge in [0.2, 0.25) is 5.91 Å². The highest BCUT2D eigenvalue weighted by molar-refractivity contribution is 5.81. The maximum Gasteiger partial charge on any atom is 0.249 e. The zero-order chi connectivity index (χ0) is 10.6. The van der Waals surface area contributed by atoms with Crippen LogP contribution in [0.15, 0.2) is 0 Å². The van der Waals surface area contributed by atoms with E-state index in [1.807, 2.05) is 20.9 Å². The molecule has 3 unspecified atom stereocenters. The summed E-state index contributed by atoms with van der Waals surface area (Å²) in [4.78, 5) is 11.5. The lowest BCUT2D eigenvalue weighted by Crippen LogP contribution is -2.41. The van der Waals surface area contributed by atoms with Crippen molar-refractivity contribution in [2.75, 3.05) is 13.6 Å². The summed E-state index contributed by atoms with van der Waals surface area (Å²) in [6.45, 7) is 4.69. The molecule has 1 aliphatic rings. The number of carbonyl (C=O) groups is 1. The first-order valence-corrected chi connectivity index (χ1v) is 5.24. The molecule has 1 aliphatic heterocycles. The smallest absolute Gasteiger partial charge is 0.249 e. The molecule has 2 N–H and O–H groups in total. The second-order valence-corrected chi connectivity index (χ2v) is 3.95. The number of hydrogen-bond acceptors (Lipinski definition) is 3. The maximum absolute atomic E-state index is 11.5. The van der Waals surface area contributed by atoms with Crippen LogP contribution in [0.3, 0.4) is 0 Å². The normalized spacial score (nSPS) is 28.8. The van der Waals surface area contributed by atoms with Gasteiger partial charge in [-0.3, -0.25) is 4.79 Å². The second kappa shape index (κ2) is 5.32. The van der Waals surface area contributed by atoms with Gasteiger partial charge in [-0.15, -0.1) is 0 Å². The summed E-state index contributed by atoms with van der Waals surface area (Å²) in [6.07, 6.45) is 1.84. The predicted octanol–water partition coefficient (Wildman–Crippen LogP) is 0.278. The van der Waals surface area contributed by atoms with Crippen LogP contribution in [0.1, 0.15) is 26.7 Å². The fourth-order valence-corrected chi connectivity index (χ4v) is 1.47. The summed E-state index contributed by atoms with van der Waals surface area (Å²) in [6, 6.07) is 0.303. The van der Waals surface area contributed by atoms with Crippen molar-refractivity contribution >= 4 is 5.91 Å². The Balaban J connectivity index is 2.22. The van der Waals surface area contributed by atoms with Crippen LogP contribution in [0.25, 0.3) is 0 Å². The number of likely N-dealkylation sites (N-methyl/N-ethyl adjacent to an activating group) is 1. The van der Waals surface area contributed by atoms with Gasteiger partial charge in [-0.1, -0.05) is 0 Å². The number of ether oxygens (including phenoxy) is 1. The summed E-state index contributed by atoms with van der Waals surface area (Å²) in [7, 11) is 1.88. The van der Waals surface area contributed by atoms with Crippen LogP contribution in [-0.4, -0.2) is 37.7 Å². The van der Waals surface area contributed by atoms with Crippen molar-refractivity contribution in [3.63, 3.8) is 0 Å². The number of rotatable bonds is 4. The lowest BCUT2D eigenvalue weighted by molar-refractivity contribution is -0.131. The van der Waals surface area contributed by atoms with Gasteiger partial charge < -0.3 is 15.4 Å². The minimum Gasteiger partial charge on any atom is -0.365 e. The van der Waals surface area contributed by atoms with Crippen molar-refractivity contribution in [2.45, 2.75) is 44.9 Å². The van der Waals surface area contributed by atoms with Gasteiger partial charge in [0, 0.05) is 12.6 Å².